The molecule has 0 bridgehead atoms. The van der Waals surface area contributed by atoms with E-state index in [0.717, 1.165) is 35.8 Å². The molecule has 0 radical (unpaired) electrons. The monoisotopic (exact) mass is 474 g/mol. The summed E-state index contributed by atoms with van der Waals surface area (Å²) in [4.78, 5) is 2.70. The van der Waals surface area contributed by atoms with E-state index in [1.54, 1.807) is 0 Å². The first kappa shape index (κ1) is 31.6. The third-order valence-electron chi connectivity index (χ3n) is 6.76. The molecule has 4 heteroatoms. The highest BCUT2D eigenvalue weighted by atomic mass is 32.1. The van der Waals surface area contributed by atoms with Gasteiger partial charge in [-0.1, -0.05) is 79.1 Å². The smallest absolute Gasteiger partial charge is 0.0107 e. The second-order valence-electron chi connectivity index (χ2n) is 10.1. The van der Waals surface area contributed by atoms with Crippen molar-refractivity contribution >= 4 is 25.3 Å². The summed E-state index contributed by atoms with van der Waals surface area (Å²) < 4.78 is 0. The predicted octanol–water partition coefficient (Wildman–Crippen LogP) is 7.74. The van der Waals surface area contributed by atoms with Gasteiger partial charge in [0.1, 0.15) is 0 Å². The summed E-state index contributed by atoms with van der Waals surface area (Å²) in [7, 11) is 0. The molecule has 0 fully saturated rings. The second-order valence-corrected chi connectivity index (χ2v) is 11.0. The molecule has 0 aromatic heterocycles. The molecule has 0 aromatic carbocycles. The summed E-state index contributed by atoms with van der Waals surface area (Å²) in [6.45, 7) is 15.5. The van der Waals surface area contributed by atoms with Gasteiger partial charge in [-0.3, -0.25) is 0 Å². The zero-order valence-electron chi connectivity index (χ0n) is 21.7. The molecule has 0 rings (SSSR count). The van der Waals surface area contributed by atoms with Crippen molar-refractivity contribution in [2.45, 2.75) is 111 Å². The van der Waals surface area contributed by atoms with Gasteiger partial charge in [0.15, 0.2) is 0 Å². The Morgan fingerprint density at radius 2 is 1.39 bits per heavy atom. The maximum Gasteiger partial charge on any atom is 0.0107 e. The van der Waals surface area contributed by atoms with E-state index in [1.807, 2.05) is 0 Å². The van der Waals surface area contributed by atoms with E-state index < -0.39 is 0 Å². The fourth-order valence-electron chi connectivity index (χ4n) is 4.54. The lowest BCUT2D eigenvalue weighted by Crippen LogP contribution is -2.37. The van der Waals surface area contributed by atoms with Crippen LogP contribution in [0.15, 0.2) is 0 Å². The molecule has 1 N–H and O–H groups in total. The number of nitrogens with zero attached hydrogens (tertiary/aromatic N) is 1. The molecular formula is C27H58N2S2. The first-order valence-electron chi connectivity index (χ1n) is 13.7. The third-order valence-corrected chi connectivity index (χ3v) is 7.39. The van der Waals surface area contributed by atoms with E-state index in [-0.39, 0.29) is 0 Å². The van der Waals surface area contributed by atoms with Gasteiger partial charge in [0, 0.05) is 19.6 Å². The van der Waals surface area contributed by atoms with Gasteiger partial charge in [0.05, 0.1) is 0 Å². The summed E-state index contributed by atoms with van der Waals surface area (Å²) in [5.74, 6) is 4.61. The lowest BCUT2D eigenvalue weighted by molar-refractivity contribution is 0.225. The molecule has 3 unspecified atom stereocenters. The Hall–Kier alpha value is 0.620. The van der Waals surface area contributed by atoms with E-state index in [2.05, 4.69) is 63.2 Å². The van der Waals surface area contributed by atoms with E-state index >= 15 is 0 Å². The number of thiol groups is 2. The molecule has 3 atom stereocenters. The molecule has 188 valence electrons. The molecule has 0 aliphatic rings. The van der Waals surface area contributed by atoms with Crippen molar-refractivity contribution in [3.63, 3.8) is 0 Å². The van der Waals surface area contributed by atoms with Gasteiger partial charge in [-0.2, -0.15) is 25.3 Å². The van der Waals surface area contributed by atoms with Gasteiger partial charge < -0.3 is 10.2 Å². The summed E-state index contributed by atoms with van der Waals surface area (Å²) >= 11 is 8.73. The van der Waals surface area contributed by atoms with Crippen molar-refractivity contribution in [2.24, 2.45) is 17.8 Å². The van der Waals surface area contributed by atoms with Gasteiger partial charge >= 0.3 is 0 Å². The normalized spacial score (nSPS) is 14.8. The molecule has 0 saturated carbocycles. The zero-order valence-corrected chi connectivity index (χ0v) is 23.5. The fraction of sp³-hybridized carbons (Fsp3) is 1.00. The number of rotatable bonds is 24. The maximum atomic E-state index is 4.39. The first-order chi connectivity index (χ1) is 15.1. The summed E-state index contributed by atoms with van der Waals surface area (Å²) in [6, 6.07) is 0. The lowest BCUT2D eigenvalue weighted by Gasteiger charge is -2.26. The first-order valence-corrected chi connectivity index (χ1v) is 15.0. The second kappa shape index (κ2) is 23.8. The highest BCUT2D eigenvalue weighted by Crippen LogP contribution is 2.21. The Bertz CT molecular complexity index is 354. The molecular weight excluding hydrogens is 416 g/mol. The largest absolute Gasteiger partial charge is 0.315 e. The quantitative estimate of drug-likeness (QED) is 0.0979. The van der Waals surface area contributed by atoms with E-state index in [0.29, 0.717) is 0 Å². The zero-order chi connectivity index (χ0) is 23.2. The summed E-state index contributed by atoms with van der Waals surface area (Å²) in [6.07, 6.45) is 17.6. The molecule has 0 amide bonds. The molecule has 2 nitrogen and oxygen atoms in total. The molecule has 0 saturated heterocycles. The molecule has 0 aliphatic heterocycles. The van der Waals surface area contributed by atoms with Gasteiger partial charge in [-0.25, -0.2) is 0 Å². The SMILES string of the molecule is CCCCC(CC)CCCC(C)CNCCN(CCCCS)CC(C)CCCCCS. The van der Waals surface area contributed by atoms with Gasteiger partial charge in [-0.15, -0.1) is 0 Å². The minimum atomic E-state index is 0.798. The number of nitrogens with one attached hydrogen (secondary N) is 1. The van der Waals surface area contributed by atoms with Crippen LogP contribution in [-0.4, -0.2) is 49.1 Å². The maximum absolute atomic E-state index is 4.39. The summed E-state index contributed by atoms with van der Waals surface area (Å²) in [5, 5.41) is 3.76. The standard InChI is InChI=1S/C27H58N2S2/c1-5-7-16-27(6-2)17-13-15-25(3)23-28-18-20-29(19-10-12-22-31)24-26(4)14-9-8-11-21-30/h25-28,30-31H,5-24H2,1-4H3. The highest BCUT2D eigenvalue weighted by molar-refractivity contribution is 7.80. The van der Waals surface area contributed by atoms with E-state index in [1.165, 1.54) is 110 Å². The van der Waals surface area contributed by atoms with Crippen LogP contribution in [0.1, 0.15) is 111 Å². The topological polar surface area (TPSA) is 15.3 Å². The van der Waals surface area contributed by atoms with E-state index in [4.69, 9.17) is 0 Å². The van der Waals surface area contributed by atoms with Crippen molar-refractivity contribution in [1.82, 2.24) is 10.2 Å². The number of hydrogen-bond acceptors (Lipinski definition) is 4. The van der Waals surface area contributed by atoms with Gasteiger partial charge in [0.25, 0.3) is 0 Å². The van der Waals surface area contributed by atoms with Crippen LogP contribution in [0.3, 0.4) is 0 Å². The van der Waals surface area contributed by atoms with Crippen molar-refractivity contribution in [3.8, 4) is 0 Å². The average Bonchev–Trinajstić information content (AvgIpc) is 2.76. The molecule has 0 aromatic rings. The Balaban J connectivity index is 4.04. The van der Waals surface area contributed by atoms with Crippen molar-refractivity contribution in [1.29, 1.82) is 0 Å². The molecule has 0 heterocycles. The van der Waals surface area contributed by atoms with Crippen LogP contribution in [-0.2, 0) is 0 Å². The van der Waals surface area contributed by atoms with Gasteiger partial charge in [0.2, 0.25) is 0 Å². The van der Waals surface area contributed by atoms with E-state index in [9.17, 15) is 0 Å². The van der Waals surface area contributed by atoms with Crippen LogP contribution in [0.4, 0.5) is 0 Å². The lowest BCUT2D eigenvalue weighted by atomic mass is 9.91. The average molecular weight is 475 g/mol. The van der Waals surface area contributed by atoms with Crippen LogP contribution < -0.4 is 5.32 Å². The fourth-order valence-corrected chi connectivity index (χ4v) is 4.99. The van der Waals surface area contributed by atoms with Crippen molar-refractivity contribution in [3.05, 3.63) is 0 Å². The van der Waals surface area contributed by atoms with Crippen LogP contribution >= 0.6 is 25.3 Å². The highest BCUT2D eigenvalue weighted by Gasteiger charge is 2.11. The third kappa shape index (κ3) is 20.9. The summed E-state index contributed by atoms with van der Waals surface area (Å²) in [5.41, 5.74) is 0. The predicted molar refractivity (Wildman–Crippen MR) is 150 cm³/mol. The van der Waals surface area contributed by atoms with Crippen LogP contribution in [0.5, 0.6) is 0 Å². The Morgan fingerprint density at radius 1 is 0.710 bits per heavy atom. The minimum absolute atomic E-state index is 0.798. The van der Waals surface area contributed by atoms with Gasteiger partial charge in [-0.05, 0) is 74.5 Å². The van der Waals surface area contributed by atoms with Crippen molar-refractivity contribution < 1.29 is 0 Å². The Labute approximate surface area is 208 Å². The Kier molecular flexibility index (Phi) is 24.2. The van der Waals surface area contributed by atoms with Crippen LogP contribution in [0.2, 0.25) is 0 Å². The molecule has 0 aliphatic carbocycles. The van der Waals surface area contributed by atoms with Crippen LogP contribution in [0, 0.1) is 17.8 Å². The number of unbranched alkanes of at least 4 members (excludes halogenated alkanes) is 4. The minimum Gasteiger partial charge on any atom is -0.315 e. The van der Waals surface area contributed by atoms with Crippen LogP contribution in [0.25, 0.3) is 0 Å². The van der Waals surface area contributed by atoms with Crippen molar-refractivity contribution in [2.75, 3.05) is 44.2 Å². The molecule has 0 spiro atoms. The Morgan fingerprint density at radius 3 is 2.06 bits per heavy atom. The molecule has 31 heavy (non-hydrogen) atoms. The number of hydrogen-bond donors (Lipinski definition) is 3.